The Bertz CT molecular complexity index is 466. The highest BCUT2D eigenvalue weighted by Gasteiger charge is 2.43. The molecule has 0 aliphatic heterocycles. The predicted octanol–water partition coefficient (Wildman–Crippen LogP) is 2.38. The van der Waals surface area contributed by atoms with Gasteiger partial charge in [-0.05, 0) is 12.8 Å². The fraction of sp³-hybridized carbons (Fsp3) is 0.714. The van der Waals surface area contributed by atoms with Crippen molar-refractivity contribution in [3.05, 3.63) is 0 Å². The Morgan fingerprint density at radius 1 is 1.12 bits per heavy atom. The average molecular weight is 354 g/mol. The lowest BCUT2D eigenvalue weighted by atomic mass is 10.1. The Morgan fingerprint density at radius 2 is 1.75 bits per heavy atom. The maximum Gasteiger partial charge on any atom is 0.431 e. The second-order valence-electron chi connectivity index (χ2n) is 4.86. The molecule has 0 aromatic heterocycles. The molecular weight excluding hydrogens is 333 g/mol. The van der Waals surface area contributed by atoms with E-state index in [-0.39, 0.29) is 13.0 Å². The molecule has 10 heteroatoms. The highest BCUT2D eigenvalue weighted by atomic mass is 19.4. The SMILES string of the molecule is CCCCOC(=O)NC(C(=N)C(F)(F)F)C(=O)COC(=O)CCC. The maximum absolute atomic E-state index is 12.7. The van der Waals surface area contributed by atoms with Gasteiger partial charge < -0.3 is 14.8 Å². The molecule has 0 radical (unpaired) electrons. The first-order chi connectivity index (χ1) is 11.1. The number of alkyl halides is 3. The molecule has 0 heterocycles. The summed E-state index contributed by atoms with van der Waals surface area (Å²) in [6.45, 7) is 2.49. The van der Waals surface area contributed by atoms with E-state index in [2.05, 4.69) is 9.47 Å². The number of unbranched alkanes of at least 4 members (excludes halogenated alkanes) is 1. The largest absolute Gasteiger partial charge is 0.458 e. The molecule has 1 unspecified atom stereocenters. The number of halogens is 3. The van der Waals surface area contributed by atoms with Crippen molar-refractivity contribution < 1.29 is 37.0 Å². The molecule has 0 bridgehead atoms. The summed E-state index contributed by atoms with van der Waals surface area (Å²) in [6, 6.07) is -2.30. The zero-order valence-corrected chi connectivity index (χ0v) is 13.5. The quantitative estimate of drug-likeness (QED) is 0.356. The van der Waals surface area contributed by atoms with Gasteiger partial charge in [0.1, 0.15) is 11.8 Å². The molecule has 0 aromatic rings. The Hall–Kier alpha value is -2.13. The van der Waals surface area contributed by atoms with Crippen LogP contribution < -0.4 is 5.32 Å². The number of rotatable bonds is 10. The lowest BCUT2D eigenvalue weighted by molar-refractivity contribution is -0.148. The first-order valence-corrected chi connectivity index (χ1v) is 7.40. The number of alkyl carbamates (subject to hydrolysis) is 1. The van der Waals surface area contributed by atoms with E-state index < -0.39 is 42.4 Å². The number of amides is 1. The third-order valence-corrected chi connectivity index (χ3v) is 2.74. The Kier molecular flexibility index (Phi) is 9.67. The monoisotopic (exact) mass is 354 g/mol. The normalized spacial score (nSPS) is 12.2. The molecule has 0 fully saturated rings. The van der Waals surface area contributed by atoms with Crippen LogP contribution in [0.1, 0.15) is 39.5 Å². The Balaban J connectivity index is 4.86. The van der Waals surface area contributed by atoms with Gasteiger partial charge in [-0.15, -0.1) is 0 Å². The molecule has 138 valence electrons. The number of ether oxygens (including phenoxy) is 2. The minimum Gasteiger partial charge on any atom is -0.458 e. The molecule has 24 heavy (non-hydrogen) atoms. The summed E-state index contributed by atoms with van der Waals surface area (Å²) < 4.78 is 47.1. The van der Waals surface area contributed by atoms with Gasteiger partial charge in [-0.1, -0.05) is 20.3 Å². The van der Waals surface area contributed by atoms with Crippen molar-refractivity contribution in [3.63, 3.8) is 0 Å². The smallest absolute Gasteiger partial charge is 0.431 e. The van der Waals surface area contributed by atoms with E-state index in [1.54, 1.807) is 12.2 Å². The molecule has 0 rings (SSSR count). The van der Waals surface area contributed by atoms with Crippen molar-refractivity contribution in [3.8, 4) is 0 Å². The Labute approximate surface area is 137 Å². The lowest BCUT2D eigenvalue weighted by Crippen LogP contribution is -2.52. The molecule has 0 aromatic carbocycles. The fourth-order valence-corrected chi connectivity index (χ4v) is 1.46. The summed E-state index contributed by atoms with van der Waals surface area (Å²) in [4.78, 5) is 34.4. The van der Waals surface area contributed by atoms with Crippen molar-refractivity contribution in [2.24, 2.45) is 0 Å². The zero-order valence-electron chi connectivity index (χ0n) is 13.5. The van der Waals surface area contributed by atoms with Gasteiger partial charge in [0.05, 0.1) is 6.61 Å². The van der Waals surface area contributed by atoms with Crippen LogP contribution in [0.4, 0.5) is 18.0 Å². The highest BCUT2D eigenvalue weighted by Crippen LogP contribution is 2.19. The second-order valence-corrected chi connectivity index (χ2v) is 4.86. The van der Waals surface area contributed by atoms with Crippen LogP contribution in [0.3, 0.4) is 0 Å². The molecular formula is C14H21F3N2O5. The number of hydrogen-bond donors (Lipinski definition) is 2. The summed E-state index contributed by atoms with van der Waals surface area (Å²) in [5.41, 5.74) is -1.97. The Morgan fingerprint density at radius 3 is 2.25 bits per heavy atom. The van der Waals surface area contributed by atoms with E-state index >= 15 is 0 Å². The number of ketones is 1. The van der Waals surface area contributed by atoms with E-state index in [9.17, 15) is 27.6 Å². The molecule has 2 N–H and O–H groups in total. The van der Waals surface area contributed by atoms with Gasteiger partial charge in [0, 0.05) is 6.42 Å². The lowest BCUT2D eigenvalue weighted by Gasteiger charge is -2.20. The maximum atomic E-state index is 12.7. The third kappa shape index (κ3) is 8.49. The van der Waals surface area contributed by atoms with Crippen LogP contribution in [0.5, 0.6) is 0 Å². The van der Waals surface area contributed by atoms with E-state index in [4.69, 9.17) is 5.41 Å². The molecule has 0 aliphatic carbocycles. The van der Waals surface area contributed by atoms with Crippen molar-refractivity contribution in [2.45, 2.75) is 51.7 Å². The van der Waals surface area contributed by atoms with Crippen LogP contribution in [-0.2, 0) is 19.1 Å². The third-order valence-electron chi connectivity index (χ3n) is 2.74. The minimum absolute atomic E-state index is 0.00114. The summed E-state index contributed by atoms with van der Waals surface area (Å²) in [5.74, 6) is -2.03. The number of hydrogen-bond acceptors (Lipinski definition) is 6. The molecule has 0 spiro atoms. The van der Waals surface area contributed by atoms with Gasteiger partial charge in [0.15, 0.2) is 12.4 Å². The predicted molar refractivity (Wildman–Crippen MR) is 77.8 cm³/mol. The molecule has 1 amide bonds. The first-order valence-electron chi connectivity index (χ1n) is 7.40. The van der Waals surface area contributed by atoms with Crippen molar-refractivity contribution in [1.29, 1.82) is 5.41 Å². The number of carbonyl (C=O) groups is 3. The number of Topliss-reactive ketones (excluding diaryl/α,β-unsaturated/α-hetero) is 1. The van der Waals surface area contributed by atoms with Gasteiger partial charge in [-0.25, -0.2) is 4.79 Å². The number of carbonyl (C=O) groups excluding carboxylic acids is 3. The van der Waals surface area contributed by atoms with Gasteiger partial charge in [0.2, 0.25) is 0 Å². The number of nitrogens with one attached hydrogen (secondary N) is 2. The van der Waals surface area contributed by atoms with E-state index in [1.165, 1.54) is 0 Å². The van der Waals surface area contributed by atoms with E-state index in [1.807, 2.05) is 6.92 Å². The topological polar surface area (TPSA) is 106 Å². The summed E-state index contributed by atoms with van der Waals surface area (Å²) in [7, 11) is 0. The molecule has 7 nitrogen and oxygen atoms in total. The van der Waals surface area contributed by atoms with Crippen molar-refractivity contribution in [1.82, 2.24) is 5.32 Å². The van der Waals surface area contributed by atoms with Crippen LogP contribution in [-0.4, -0.2) is 49.0 Å². The van der Waals surface area contributed by atoms with Crippen LogP contribution in [0.2, 0.25) is 0 Å². The van der Waals surface area contributed by atoms with Gasteiger partial charge in [-0.3, -0.25) is 15.0 Å². The van der Waals surface area contributed by atoms with Gasteiger partial charge in [0.25, 0.3) is 0 Å². The summed E-state index contributed by atoms with van der Waals surface area (Å²) in [6.07, 6.45) is -4.74. The minimum atomic E-state index is -5.12. The van der Waals surface area contributed by atoms with Crippen LogP contribution >= 0.6 is 0 Å². The van der Waals surface area contributed by atoms with Crippen LogP contribution in [0.25, 0.3) is 0 Å². The van der Waals surface area contributed by atoms with Crippen molar-refractivity contribution in [2.75, 3.05) is 13.2 Å². The van der Waals surface area contributed by atoms with Gasteiger partial charge in [-0.2, -0.15) is 13.2 Å². The molecule has 0 aliphatic rings. The molecule has 0 saturated heterocycles. The van der Waals surface area contributed by atoms with E-state index in [0.29, 0.717) is 19.3 Å². The van der Waals surface area contributed by atoms with Crippen LogP contribution in [0.15, 0.2) is 0 Å². The average Bonchev–Trinajstić information content (AvgIpc) is 2.49. The summed E-state index contributed by atoms with van der Waals surface area (Å²) >= 11 is 0. The van der Waals surface area contributed by atoms with Gasteiger partial charge >= 0.3 is 18.2 Å². The standard InChI is InChI=1S/C14H21F3N2O5/c1-3-5-7-23-13(22)19-11(12(18)14(15,16)17)9(20)8-24-10(21)6-4-2/h11,18H,3-8H2,1-2H3,(H,19,22). The zero-order chi connectivity index (χ0) is 18.8. The van der Waals surface area contributed by atoms with Crippen LogP contribution in [0, 0.1) is 5.41 Å². The van der Waals surface area contributed by atoms with Crippen molar-refractivity contribution >= 4 is 23.6 Å². The second kappa shape index (κ2) is 10.6. The first kappa shape index (κ1) is 21.9. The molecule has 0 saturated carbocycles. The van der Waals surface area contributed by atoms with E-state index in [0.717, 1.165) is 0 Å². The summed E-state index contributed by atoms with van der Waals surface area (Å²) in [5, 5.41) is 8.74. The fourth-order valence-electron chi connectivity index (χ4n) is 1.46. The number of esters is 1. The highest BCUT2D eigenvalue weighted by molar-refractivity contribution is 6.12. The molecule has 1 atom stereocenters.